The number of hydrogen-bond acceptors (Lipinski definition) is 7. The van der Waals surface area contributed by atoms with Crippen molar-refractivity contribution < 1.29 is 34.0 Å². The van der Waals surface area contributed by atoms with E-state index in [0.29, 0.717) is 22.6 Å². The second-order valence-electron chi connectivity index (χ2n) is 13.2. The van der Waals surface area contributed by atoms with Crippen molar-refractivity contribution in [3.05, 3.63) is 52.6 Å². The van der Waals surface area contributed by atoms with E-state index in [0.717, 1.165) is 6.42 Å². The molecule has 6 rings (SSSR count). The van der Waals surface area contributed by atoms with E-state index in [-0.39, 0.29) is 46.9 Å². The van der Waals surface area contributed by atoms with Gasteiger partial charge in [0.1, 0.15) is 17.4 Å². The number of carbonyl (C=O) groups excluding carboxylic acids is 2. The fourth-order valence-electron chi connectivity index (χ4n) is 8.38. The lowest BCUT2D eigenvalue weighted by Crippen LogP contribution is -2.68. The van der Waals surface area contributed by atoms with Crippen LogP contribution in [0.25, 0.3) is 0 Å². The summed E-state index contributed by atoms with van der Waals surface area (Å²) < 4.78 is 18.6. The van der Waals surface area contributed by atoms with E-state index < -0.39 is 35.0 Å². The van der Waals surface area contributed by atoms with Crippen molar-refractivity contribution in [2.45, 2.75) is 78.5 Å². The van der Waals surface area contributed by atoms with Crippen molar-refractivity contribution in [1.82, 2.24) is 0 Å². The molecule has 1 aromatic rings. The molecule has 1 heterocycles. The monoisotopic (exact) mass is 522 g/mol. The van der Waals surface area contributed by atoms with Gasteiger partial charge in [-0.05, 0) is 80.1 Å². The van der Waals surface area contributed by atoms with Crippen LogP contribution in [0.15, 0.2) is 41.5 Å². The van der Waals surface area contributed by atoms with Gasteiger partial charge in [-0.25, -0.2) is 4.79 Å². The maximum atomic E-state index is 14.7. The summed E-state index contributed by atoms with van der Waals surface area (Å²) in [5, 5.41) is 23.5. The maximum Gasteiger partial charge on any atom is 0.342 e. The summed E-state index contributed by atoms with van der Waals surface area (Å²) in [7, 11) is 0. The van der Waals surface area contributed by atoms with Gasteiger partial charge in [0.25, 0.3) is 0 Å². The van der Waals surface area contributed by atoms with Gasteiger partial charge in [0.05, 0.1) is 12.0 Å². The molecule has 3 fully saturated rings. The molecule has 1 saturated heterocycles. The van der Waals surface area contributed by atoms with Crippen LogP contribution in [0.2, 0.25) is 0 Å². The normalized spacial score (nSPS) is 41.9. The molecule has 2 N–H and O–H groups in total. The van der Waals surface area contributed by atoms with Crippen molar-refractivity contribution >= 4 is 11.8 Å². The third-order valence-corrected chi connectivity index (χ3v) is 10.4. The largest absolute Gasteiger partial charge is 0.507 e. The van der Waals surface area contributed by atoms with Crippen LogP contribution < -0.4 is 0 Å². The molecule has 1 aliphatic heterocycles. The minimum Gasteiger partial charge on any atom is -0.507 e. The van der Waals surface area contributed by atoms with Gasteiger partial charge in [-0.15, -0.1) is 0 Å². The first-order valence-corrected chi connectivity index (χ1v) is 13.6. The lowest BCUT2D eigenvalue weighted by Gasteiger charge is -2.52. The molecule has 1 spiro atoms. The maximum absolute atomic E-state index is 14.7. The minimum atomic E-state index is -1.88. The number of rotatable bonds is 2. The van der Waals surface area contributed by atoms with Crippen LogP contribution in [0.3, 0.4) is 0 Å². The van der Waals surface area contributed by atoms with Gasteiger partial charge in [0, 0.05) is 5.92 Å². The molecule has 7 nitrogen and oxygen atoms in total. The summed E-state index contributed by atoms with van der Waals surface area (Å²) >= 11 is 0. The summed E-state index contributed by atoms with van der Waals surface area (Å²) in [5.74, 6) is -2.08. The Bertz CT molecular complexity index is 1280. The number of phenols is 1. The van der Waals surface area contributed by atoms with E-state index >= 15 is 0 Å². The Balaban J connectivity index is 1.53. The zero-order chi connectivity index (χ0) is 27.6. The third kappa shape index (κ3) is 3.12. The van der Waals surface area contributed by atoms with E-state index in [2.05, 4.69) is 13.8 Å². The number of aliphatic hydroxyl groups is 1. The van der Waals surface area contributed by atoms with Gasteiger partial charge in [-0.2, -0.15) is 0 Å². The summed E-state index contributed by atoms with van der Waals surface area (Å²) in [5.41, 5.74) is -1.25. The number of benzene rings is 1. The summed E-state index contributed by atoms with van der Waals surface area (Å²) in [6.07, 6.45) is 2.56. The smallest absolute Gasteiger partial charge is 0.342 e. The molecule has 204 valence electrons. The van der Waals surface area contributed by atoms with Crippen molar-refractivity contribution in [3.8, 4) is 5.75 Å². The van der Waals surface area contributed by atoms with Crippen molar-refractivity contribution in [1.29, 1.82) is 0 Å². The molecule has 2 saturated carbocycles. The molecule has 8 atom stereocenters. The van der Waals surface area contributed by atoms with E-state index in [4.69, 9.17) is 14.2 Å². The highest BCUT2D eigenvalue weighted by Gasteiger charge is 2.77. The van der Waals surface area contributed by atoms with Gasteiger partial charge in [0.2, 0.25) is 0 Å². The number of carbonyl (C=O) groups is 2. The highest BCUT2D eigenvalue weighted by molar-refractivity contribution is 5.97. The van der Waals surface area contributed by atoms with Crippen LogP contribution in [0.5, 0.6) is 5.75 Å². The van der Waals surface area contributed by atoms with E-state index in [1.54, 1.807) is 39.8 Å². The Morgan fingerprint density at radius 2 is 1.87 bits per heavy atom. The quantitative estimate of drug-likeness (QED) is 0.436. The number of esters is 1. The van der Waals surface area contributed by atoms with E-state index in [1.807, 2.05) is 19.1 Å². The number of aromatic hydroxyl groups is 1. The highest BCUT2D eigenvalue weighted by atomic mass is 16.7. The first-order chi connectivity index (χ1) is 17.7. The predicted molar refractivity (Wildman–Crippen MR) is 139 cm³/mol. The molecule has 0 radical (unpaired) electrons. The van der Waals surface area contributed by atoms with E-state index in [1.165, 1.54) is 6.07 Å². The molecule has 0 amide bonds. The number of hydrogen-bond donors (Lipinski definition) is 2. The van der Waals surface area contributed by atoms with Gasteiger partial charge in [-0.3, -0.25) is 4.79 Å². The number of phenolic OH excluding ortho intramolecular Hbond substituents is 1. The SMILES string of the molecule is CC1=C[C@@]23C(=O)[C@@H](C=C4COC(C)(C)O[C@H]4[C@]2(O)[C@H]1OC(=O)c1c(C)cccc1O)[C@H]1[C@@H](C[C@H]3C)C1(C)C. The fraction of sp³-hybridized carbons (Fsp3) is 0.613. The van der Waals surface area contributed by atoms with Crippen molar-refractivity contribution in [3.63, 3.8) is 0 Å². The molecule has 2 bridgehead atoms. The molecule has 7 heteroatoms. The topological polar surface area (TPSA) is 102 Å². The van der Waals surface area contributed by atoms with Crippen LogP contribution in [-0.2, 0) is 19.0 Å². The fourth-order valence-corrected chi connectivity index (χ4v) is 8.38. The Hall–Kier alpha value is -2.48. The van der Waals surface area contributed by atoms with Gasteiger partial charge < -0.3 is 24.4 Å². The van der Waals surface area contributed by atoms with Crippen molar-refractivity contribution in [2.75, 3.05) is 6.61 Å². The summed E-state index contributed by atoms with van der Waals surface area (Å²) in [4.78, 5) is 28.3. The number of fused-ring (bicyclic) bond motifs is 5. The van der Waals surface area contributed by atoms with Crippen molar-refractivity contribution in [2.24, 2.45) is 34.5 Å². The molecule has 4 aliphatic carbocycles. The van der Waals surface area contributed by atoms with Gasteiger partial charge in [0.15, 0.2) is 23.3 Å². The Labute approximate surface area is 223 Å². The average molecular weight is 523 g/mol. The Morgan fingerprint density at radius 1 is 1.16 bits per heavy atom. The zero-order valence-corrected chi connectivity index (χ0v) is 23.2. The molecule has 0 aromatic heterocycles. The number of allylic oxidation sites excluding steroid dienone is 1. The molecule has 0 unspecified atom stereocenters. The molecule has 38 heavy (non-hydrogen) atoms. The lowest BCUT2D eigenvalue weighted by molar-refractivity contribution is -0.302. The highest BCUT2D eigenvalue weighted by Crippen LogP contribution is 2.72. The number of Topliss-reactive ketones (excluding diaryl/α,β-unsaturated/α-hetero) is 1. The van der Waals surface area contributed by atoms with Crippen LogP contribution in [-0.4, -0.2) is 52.2 Å². The summed E-state index contributed by atoms with van der Waals surface area (Å²) in [6, 6.07) is 4.81. The zero-order valence-electron chi connectivity index (χ0n) is 23.2. The van der Waals surface area contributed by atoms with Gasteiger partial charge >= 0.3 is 5.97 Å². The second kappa shape index (κ2) is 7.80. The molecular formula is C31H38O7. The second-order valence-corrected chi connectivity index (χ2v) is 13.2. The average Bonchev–Trinajstić information content (AvgIpc) is 3.31. The van der Waals surface area contributed by atoms with Crippen LogP contribution in [0.4, 0.5) is 0 Å². The molecule has 1 aromatic carbocycles. The first kappa shape index (κ1) is 25.8. The van der Waals surface area contributed by atoms with E-state index in [9.17, 15) is 19.8 Å². The number of aryl methyl sites for hydroxylation is 1. The lowest BCUT2D eigenvalue weighted by atomic mass is 9.59. The van der Waals surface area contributed by atoms with Crippen LogP contribution in [0.1, 0.15) is 63.9 Å². The minimum absolute atomic E-state index is 0.0203. The number of ether oxygens (including phenoxy) is 3. The Morgan fingerprint density at radius 3 is 2.55 bits per heavy atom. The number of ketones is 1. The van der Waals surface area contributed by atoms with Gasteiger partial charge in [-0.1, -0.05) is 45.1 Å². The molecular weight excluding hydrogens is 484 g/mol. The first-order valence-electron chi connectivity index (χ1n) is 13.6. The molecule has 5 aliphatic rings. The van der Waals surface area contributed by atoms with Crippen LogP contribution >= 0.6 is 0 Å². The standard InChI is InChI=1S/C31H38O7/c1-15-9-8-10-21(32)22(15)27(34)37-25-16(2)13-30-17(3)11-20-23(28(20,4)5)19(24(30)33)12-18-14-36-29(6,7)38-26(18)31(25,30)35/h8-10,12-13,17,19-20,23,25-26,32,35H,11,14H2,1-7H3/t17-,19+,20-,23+,25+,26-,30-,31-/m1/s1. The Kier molecular flexibility index (Phi) is 5.29. The predicted octanol–water partition coefficient (Wildman–Crippen LogP) is 4.49. The summed E-state index contributed by atoms with van der Waals surface area (Å²) in [6.45, 7) is 13.8. The third-order valence-electron chi connectivity index (χ3n) is 10.4. The van der Waals surface area contributed by atoms with Crippen LogP contribution in [0, 0.1) is 41.4 Å².